The molecule has 18 heteroatoms. The van der Waals surface area contributed by atoms with Gasteiger partial charge in [-0.2, -0.15) is 0 Å². The molecule has 0 aliphatic carbocycles. The van der Waals surface area contributed by atoms with Crippen LogP contribution in [0.5, 0.6) is 5.75 Å². The van der Waals surface area contributed by atoms with Crippen molar-refractivity contribution < 1.29 is 76.0 Å². The summed E-state index contributed by atoms with van der Waals surface area (Å²) >= 11 is 0. The molecule has 0 radical (unpaired) electrons. The highest BCUT2D eigenvalue weighted by molar-refractivity contribution is 5.69. The summed E-state index contributed by atoms with van der Waals surface area (Å²) in [6.07, 6.45) is 0.224. The Morgan fingerprint density at radius 1 is 0.455 bits per heavy atom. The van der Waals surface area contributed by atoms with Gasteiger partial charge in [-0.15, -0.1) is 0 Å². The Hall–Kier alpha value is -2.59. The molecule has 1 aromatic rings. The predicted octanol–water partition coefficient (Wildman–Crippen LogP) is 2.90. The molecule has 0 aliphatic rings. The van der Waals surface area contributed by atoms with Crippen LogP contribution in [0.1, 0.15) is 27.2 Å². The Labute approximate surface area is 325 Å². The number of nitro benzene ring substituents is 1. The van der Waals surface area contributed by atoms with Gasteiger partial charge in [0.05, 0.1) is 170 Å². The molecule has 1 aromatic carbocycles. The highest BCUT2D eigenvalue weighted by atomic mass is 16.6. The Morgan fingerprint density at radius 3 is 0.964 bits per heavy atom. The molecule has 0 aliphatic heterocycles. The van der Waals surface area contributed by atoms with Crippen molar-refractivity contribution in [3.8, 4) is 5.75 Å². The van der Waals surface area contributed by atoms with E-state index in [0.29, 0.717) is 171 Å². The minimum atomic E-state index is -0.481. The zero-order valence-corrected chi connectivity index (χ0v) is 33.1. The Morgan fingerprint density at radius 2 is 0.709 bits per heavy atom. The number of carbonyl (C=O) groups is 1. The van der Waals surface area contributed by atoms with Crippen molar-refractivity contribution in [1.29, 1.82) is 0 Å². The summed E-state index contributed by atoms with van der Waals surface area (Å²) in [5.74, 6) is 0.280. The standard InChI is InChI=1S/C37H65NO17/c1-37(2,3)55-36(39)8-9-42-10-11-43-12-13-44-14-15-45-16-17-46-18-19-47-20-21-48-22-23-49-24-25-50-26-27-51-28-29-52-30-31-53-32-33-54-35-6-4-34(5-7-35)38(40)41/h4-7H,8-33H2,1-3H3. The third-order valence-corrected chi connectivity index (χ3v) is 6.51. The van der Waals surface area contributed by atoms with E-state index in [9.17, 15) is 14.9 Å². The Balaban J connectivity index is 1.64. The van der Waals surface area contributed by atoms with E-state index >= 15 is 0 Å². The molecule has 320 valence electrons. The first-order valence-corrected chi connectivity index (χ1v) is 18.8. The van der Waals surface area contributed by atoms with Gasteiger partial charge in [-0.25, -0.2) is 0 Å². The highest BCUT2D eigenvalue weighted by Crippen LogP contribution is 2.17. The van der Waals surface area contributed by atoms with Crippen LogP contribution in [0, 0.1) is 10.1 Å². The number of ether oxygens (including phenoxy) is 14. The van der Waals surface area contributed by atoms with Gasteiger partial charge in [0, 0.05) is 12.1 Å². The second-order valence-electron chi connectivity index (χ2n) is 12.3. The van der Waals surface area contributed by atoms with Crippen LogP contribution in [0.2, 0.25) is 0 Å². The average Bonchev–Trinajstić information content (AvgIpc) is 3.15. The molecule has 0 fully saturated rings. The molecule has 0 atom stereocenters. The van der Waals surface area contributed by atoms with Crippen LogP contribution in [-0.4, -0.2) is 182 Å². The van der Waals surface area contributed by atoms with Crippen molar-refractivity contribution in [3.05, 3.63) is 34.4 Å². The van der Waals surface area contributed by atoms with Crippen LogP contribution in [0.25, 0.3) is 0 Å². The van der Waals surface area contributed by atoms with E-state index in [2.05, 4.69) is 0 Å². The molecule has 0 unspecified atom stereocenters. The number of hydrogen-bond acceptors (Lipinski definition) is 17. The van der Waals surface area contributed by atoms with Crippen LogP contribution in [0.3, 0.4) is 0 Å². The maximum atomic E-state index is 11.6. The van der Waals surface area contributed by atoms with E-state index in [1.54, 1.807) is 12.1 Å². The maximum Gasteiger partial charge on any atom is 0.308 e. The summed E-state index contributed by atoms with van der Waals surface area (Å²) in [7, 11) is 0. The number of non-ortho nitro benzene ring substituents is 1. The van der Waals surface area contributed by atoms with E-state index in [-0.39, 0.29) is 18.1 Å². The second kappa shape index (κ2) is 37.0. The largest absolute Gasteiger partial charge is 0.491 e. The monoisotopic (exact) mass is 795 g/mol. The van der Waals surface area contributed by atoms with E-state index < -0.39 is 10.5 Å². The number of nitrogens with zero attached hydrogens (tertiary/aromatic N) is 1. The fourth-order valence-corrected chi connectivity index (χ4v) is 3.95. The van der Waals surface area contributed by atoms with Crippen LogP contribution < -0.4 is 4.74 Å². The van der Waals surface area contributed by atoms with Crippen molar-refractivity contribution in [3.63, 3.8) is 0 Å². The lowest BCUT2D eigenvalue weighted by Gasteiger charge is -2.19. The number of rotatable bonds is 41. The van der Waals surface area contributed by atoms with Gasteiger partial charge < -0.3 is 66.3 Å². The Bertz CT molecular complexity index is 1010. The molecule has 0 saturated heterocycles. The van der Waals surface area contributed by atoms with Crippen molar-refractivity contribution in [2.24, 2.45) is 0 Å². The lowest BCUT2D eigenvalue weighted by Crippen LogP contribution is -2.24. The Kier molecular flexibility index (Phi) is 33.9. The number of esters is 1. The van der Waals surface area contributed by atoms with Gasteiger partial charge in [0.15, 0.2) is 0 Å². The minimum absolute atomic E-state index is 0.0215. The molecule has 0 spiro atoms. The van der Waals surface area contributed by atoms with Crippen molar-refractivity contribution in [2.45, 2.75) is 32.8 Å². The SMILES string of the molecule is CC(C)(C)OC(=O)CCOCCOCCOCCOCCOCCOCCOCCOCCOCCOCCOCCOCCOc1ccc([N+](=O)[O-])cc1. The normalized spacial score (nSPS) is 11.6. The minimum Gasteiger partial charge on any atom is -0.491 e. The molecule has 0 aromatic heterocycles. The maximum absolute atomic E-state index is 11.6. The number of benzene rings is 1. The molecule has 0 bridgehead atoms. The molecule has 0 heterocycles. The first kappa shape index (κ1) is 50.4. The molecular weight excluding hydrogens is 730 g/mol. The molecule has 18 nitrogen and oxygen atoms in total. The van der Waals surface area contributed by atoms with Gasteiger partial charge in [-0.3, -0.25) is 14.9 Å². The van der Waals surface area contributed by atoms with Crippen molar-refractivity contribution in [2.75, 3.05) is 165 Å². The summed E-state index contributed by atoms with van der Waals surface area (Å²) in [6, 6.07) is 5.90. The lowest BCUT2D eigenvalue weighted by molar-refractivity contribution is -0.384. The fraction of sp³-hybridized carbons (Fsp3) is 0.811. The molecule has 1 rings (SSSR count). The summed E-state index contributed by atoms with van der Waals surface area (Å²) in [4.78, 5) is 21.8. The zero-order valence-electron chi connectivity index (χ0n) is 33.1. The molecule has 55 heavy (non-hydrogen) atoms. The summed E-state index contributed by atoms with van der Waals surface area (Å²) < 4.78 is 76.1. The highest BCUT2D eigenvalue weighted by Gasteiger charge is 2.15. The van der Waals surface area contributed by atoms with E-state index in [4.69, 9.17) is 66.3 Å². The van der Waals surface area contributed by atoms with Gasteiger partial charge >= 0.3 is 5.97 Å². The third kappa shape index (κ3) is 36.8. The van der Waals surface area contributed by atoms with Gasteiger partial charge in [0.2, 0.25) is 0 Å². The first-order valence-electron chi connectivity index (χ1n) is 18.8. The molecular formula is C37H65NO17. The third-order valence-electron chi connectivity index (χ3n) is 6.51. The predicted molar refractivity (Wildman–Crippen MR) is 199 cm³/mol. The van der Waals surface area contributed by atoms with Gasteiger partial charge in [0.1, 0.15) is 18.0 Å². The second-order valence-corrected chi connectivity index (χ2v) is 12.3. The smallest absolute Gasteiger partial charge is 0.308 e. The van der Waals surface area contributed by atoms with Gasteiger partial charge in [0.25, 0.3) is 5.69 Å². The van der Waals surface area contributed by atoms with Gasteiger partial charge in [-0.1, -0.05) is 0 Å². The molecule has 0 amide bonds. The zero-order chi connectivity index (χ0) is 39.9. The van der Waals surface area contributed by atoms with Crippen molar-refractivity contribution >= 4 is 11.7 Å². The van der Waals surface area contributed by atoms with Crippen LogP contribution >= 0.6 is 0 Å². The van der Waals surface area contributed by atoms with E-state index in [1.165, 1.54) is 12.1 Å². The number of hydrogen-bond donors (Lipinski definition) is 0. The van der Waals surface area contributed by atoms with Crippen LogP contribution in [0.15, 0.2) is 24.3 Å². The number of carbonyl (C=O) groups excluding carboxylic acids is 1. The first-order chi connectivity index (χ1) is 26.8. The average molecular weight is 796 g/mol. The summed E-state index contributed by atoms with van der Waals surface area (Å²) in [5.41, 5.74) is -0.460. The van der Waals surface area contributed by atoms with E-state index in [0.717, 1.165) is 0 Å². The lowest BCUT2D eigenvalue weighted by atomic mass is 10.2. The summed E-state index contributed by atoms with van der Waals surface area (Å²) in [5, 5.41) is 10.6. The summed E-state index contributed by atoms with van der Waals surface area (Å²) in [6.45, 7) is 16.8. The fourth-order valence-electron chi connectivity index (χ4n) is 3.95. The molecule has 0 saturated carbocycles. The van der Waals surface area contributed by atoms with Crippen molar-refractivity contribution in [1.82, 2.24) is 0 Å². The van der Waals surface area contributed by atoms with Gasteiger partial charge in [-0.05, 0) is 32.9 Å². The van der Waals surface area contributed by atoms with E-state index in [1.807, 2.05) is 20.8 Å². The number of nitro groups is 1. The topological polar surface area (TPSA) is 189 Å². The van der Waals surface area contributed by atoms with Crippen LogP contribution in [-0.2, 0) is 66.4 Å². The molecule has 0 N–H and O–H groups in total. The quantitative estimate of drug-likeness (QED) is 0.0407. The van der Waals surface area contributed by atoms with Crippen LogP contribution in [0.4, 0.5) is 5.69 Å².